The Bertz CT molecular complexity index is 196. The average Bonchev–Trinajstić information content (AvgIpc) is 2.08. The van der Waals surface area contributed by atoms with Crippen LogP contribution in [0.15, 0.2) is 30.3 Å². The van der Waals surface area contributed by atoms with Crippen LogP contribution in [0, 0.1) is 0 Å². The van der Waals surface area contributed by atoms with Crippen LogP contribution in [0.25, 0.3) is 0 Å². The molecule has 0 aromatic heterocycles. The van der Waals surface area contributed by atoms with Crippen LogP contribution in [-0.4, -0.2) is 23.3 Å². The molecule has 1 rings (SSSR count). The maximum atomic E-state index is 8.52. The van der Waals surface area contributed by atoms with Gasteiger partial charge < -0.3 is 10.2 Å². The molecule has 0 saturated carbocycles. The van der Waals surface area contributed by atoms with Crippen molar-refractivity contribution in [3.05, 3.63) is 35.9 Å². The fourth-order valence-electron chi connectivity index (χ4n) is 0.774. The Balaban J connectivity index is 0.000000354. The zero-order valence-corrected chi connectivity index (χ0v) is 6.68. The highest BCUT2D eigenvalue weighted by Crippen LogP contribution is 1.97. The summed E-state index contributed by atoms with van der Waals surface area (Å²) in [7, 11) is 0. The van der Waals surface area contributed by atoms with Crippen LogP contribution in [-0.2, 0) is 11.2 Å². The van der Waals surface area contributed by atoms with Crippen molar-refractivity contribution in [2.24, 2.45) is 0 Å². The summed E-state index contributed by atoms with van der Waals surface area (Å²) >= 11 is 0. The molecule has 1 aromatic rings. The van der Waals surface area contributed by atoms with Gasteiger partial charge in [0.2, 0.25) is 0 Å². The Kier molecular flexibility index (Phi) is 6.88. The first-order chi connectivity index (χ1) is 5.85. The first-order valence-electron chi connectivity index (χ1n) is 3.57. The standard InChI is InChI=1S/C8H10O.CH2O2/c9-7-6-8-4-2-1-3-5-8;2-1-3/h1-5,9H,6-7H2;1H,(H,2,3). The molecule has 0 heterocycles. The fourth-order valence-corrected chi connectivity index (χ4v) is 0.774. The molecule has 0 unspecified atom stereocenters. The normalized spacial score (nSPS) is 8.08. The SMILES string of the molecule is O=CO.OCCc1ccccc1. The molecule has 12 heavy (non-hydrogen) atoms. The number of benzene rings is 1. The molecule has 3 nitrogen and oxygen atoms in total. The molecule has 0 atom stereocenters. The molecule has 0 bridgehead atoms. The number of aliphatic hydroxyl groups excluding tert-OH is 1. The summed E-state index contributed by atoms with van der Waals surface area (Å²) in [5.41, 5.74) is 1.19. The third kappa shape index (κ3) is 5.44. The van der Waals surface area contributed by atoms with E-state index >= 15 is 0 Å². The van der Waals surface area contributed by atoms with Crippen molar-refractivity contribution in [3.63, 3.8) is 0 Å². The first-order valence-corrected chi connectivity index (χ1v) is 3.57. The number of carboxylic acid groups (broad SMARTS) is 1. The largest absolute Gasteiger partial charge is 0.483 e. The predicted octanol–water partition coefficient (Wildman–Crippen LogP) is 0.922. The second-order valence-corrected chi connectivity index (χ2v) is 2.06. The number of aliphatic hydroxyl groups is 1. The van der Waals surface area contributed by atoms with E-state index in [2.05, 4.69) is 0 Å². The molecule has 0 spiro atoms. The molecular formula is C9H12O3. The van der Waals surface area contributed by atoms with Gasteiger partial charge in [0.25, 0.3) is 6.47 Å². The van der Waals surface area contributed by atoms with E-state index in [1.165, 1.54) is 5.56 Å². The average molecular weight is 168 g/mol. The van der Waals surface area contributed by atoms with Crippen LogP contribution in [0.4, 0.5) is 0 Å². The lowest BCUT2D eigenvalue weighted by molar-refractivity contribution is -0.122. The Morgan fingerprint density at radius 1 is 1.25 bits per heavy atom. The number of hydrogen-bond donors (Lipinski definition) is 2. The fraction of sp³-hybridized carbons (Fsp3) is 0.222. The quantitative estimate of drug-likeness (QED) is 0.645. The van der Waals surface area contributed by atoms with Crippen LogP contribution >= 0.6 is 0 Å². The summed E-state index contributed by atoms with van der Waals surface area (Å²) in [6, 6.07) is 9.95. The van der Waals surface area contributed by atoms with Gasteiger partial charge in [-0.1, -0.05) is 30.3 Å². The molecule has 2 N–H and O–H groups in total. The van der Waals surface area contributed by atoms with Crippen LogP contribution in [0.1, 0.15) is 5.56 Å². The van der Waals surface area contributed by atoms with Crippen LogP contribution < -0.4 is 0 Å². The van der Waals surface area contributed by atoms with E-state index in [1.807, 2.05) is 30.3 Å². The van der Waals surface area contributed by atoms with Gasteiger partial charge in [-0.25, -0.2) is 0 Å². The van der Waals surface area contributed by atoms with Gasteiger partial charge in [0, 0.05) is 6.61 Å². The van der Waals surface area contributed by atoms with Crippen molar-refractivity contribution in [1.82, 2.24) is 0 Å². The summed E-state index contributed by atoms with van der Waals surface area (Å²) in [5, 5.41) is 15.4. The van der Waals surface area contributed by atoms with Gasteiger partial charge in [0.15, 0.2) is 0 Å². The van der Waals surface area contributed by atoms with E-state index in [1.54, 1.807) is 0 Å². The van der Waals surface area contributed by atoms with Crippen molar-refractivity contribution in [1.29, 1.82) is 0 Å². The molecule has 3 heteroatoms. The molecule has 0 aliphatic rings. The summed E-state index contributed by atoms with van der Waals surface area (Å²) in [6.07, 6.45) is 0.765. The Labute approximate surface area is 71.3 Å². The predicted molar refractivity (Wildman–Crippen MR) is 45.9 cm³/mol. The van der Waals surface area contributed by atoms with E-state index in [9.17, 15) is 0 Å². The monoisotopic (exact) mass is 168 g/mol. The molecule has 0 aliphatic heterocycles. The Hall–Kier alpha value is -1.35. The highest BCUT2D eigenvalue weighted by Gasteiger charge is 1.85. The van der Waals surface area contributed by atoms with Gasteiger partial charge in [-0.2, -0.15) is 0 Å². The van der Waals surface area contributed by atoms with E-state index < -0.39 is 0 Å². The minimum Gasteiger partial charge on any atom is -0.483 e. The number of rotatable bonds is 2. The molecule has 0 radical (unpaired) electrons. The van der Waals surface area contributed by atoms with Gasteiger partial charge in [0.1, 0.15) is 0 Å². The minimum atomic E-state index is -0.250. The van der Waals surface area contributed by atoms with E-state index in [-0.39, 0.29) is 13.1 Å². The summed E-state index contributed by atoms with van der Waals surface area (Å²) < 4.78 is 0. The van der Waals surface area contributed by atoms with Crippen LogP contribution in [0.3, 0.4) is 0 Å². The Morgan fingerprint density at radius 2 is 1.75 bits per heavy atom. The second-order valence-electron chi connectivity index (χ2n) is 2.06. The van der Waals surface area contributed by atoms with E-state index in [4.69, 9.17) is 15.0 Å². The van der Waals surface area contributed by atoms with Crippen LogP contribution in [0.2, 0.25) is 0 Å². The van der Waals surface area contributed by atoms with Gasteiger partial charge in [-0.15, -0.1) is 0 Å². The first kappa shape index (κ1) is 10.7. The second kappa shape index (κ2) is 7.75. The third-order valence-electron chi connectivity index (χ3n) is 1.24. The smallest absolute Gasteiger partial charge is 0.290 e. The maximum absolute atomic E-state index is 8.52. The molecular weight excluding hydrogens is 156 g/mol. The zero-order valence-electron chi connectivity index (χ0n) is 6.68. The third-order valence-corrected chi connectivity index (χ3v) is 1.24. The van der Waals surface area contributed by atoms with Gasteiger partial charge in [-0.3, -0.25) is 4.79 Å². The minimum absolute atomic E-state index is 0.240. The summed E-state index contributed by atoms with van der Waals surface area (Å²) in [4.78, 5) is 8.36. The van der Waals surface area contributed by atoms with Crippen molar-refractivity contribution < 1.29 is 15.0 Å². The zero-order chi connectivity index (χ0) is 9.23. The molecule has 1 aromatic carbocycles. The molecule has 0 aliphatic carbocycles. The highest BCUT2D eigenvalue weighted by atomic mass is 16.3. The van der Waals surface area contributed by atoms with Gasteiger partial charge in [0.05, 0.1) is 0 Å². The number of hydrogen-bond acceptors (Lipinski definition) is 2. The lowest BCUT2D eigenvalue weighted by Gasteiger charge is -1.93. The van der Waals surface area contributed by atoms with Crippen molar-refractivity contribution >= 4 is 6.47 Å². The maximum Gasteiger partial charge on any atom is 0.290 e. The molecule has 66 valence electrons. The number of carbonyl (C=O) groups is 1. The van der Waals surface area contributed by atoms with Gasteiger partial charge >= 0.3 is 0 Å². The Morgan fingerprint density at radius 3 is 2.17 bits per heavy atom. The van der Waals surface area contributed by atoms with Gasteiger partial charge in [-0.05, 0) is 12.0 Å². The summed E-state index contributed by atoms with van der Waals surface area (Å²) in [6.45, 7) is -0.00991. The van der Waals surface area contributed by atoms with Crippen molar-refractivity contribution in [2.75, 3.05) is 6.61 Å². The lowest BCUT2D eigenvalue weighted by Crippen LogP contribution is -1.88. The highest BCUT2D eigenvalue weighted by molar-refractivity contribution is 5.32. The van der Waals surface area contributed by atoms with E-state index in [0.29, 0.717) is 0 Å². The van der Waals surface area contributed by atoms with Crippen molar-refractivity contribution in [3.8, 4) is 0 Å². The summed E-state index contributed by atoms with van der Waals surface area (Å²) in [5.74, 6) is 0. The topological polar surface area (TPSA) is 57.5 Å². The molecule has 0 saturated heterocycles. The lowest BCUT2D eigenvalue weighted by atomic mass is 10.2. The van der Waals surface area contributed by atoms with Crippen LogP contribution in [0.5, 0.6) is 0 Å². The van der Waals surface area contributed by atoms with Crippen molar-refractivity contribution in [2.45, 2.75) is 6.42 Å². The molecule has 0 fully saturated rings. The van der Waals surface area contributed by atoms with E-state index in [0.717, 1.165) is 6.42 Å². The molecule has 0 amide bonds.